The van der Waals surface area contributed by atoms with Gasteiger partial charge in [-0.3, -0.25) is 4.79 Å². The number of methoxy groups -OCH3 is 2. The van der Waals surface area contributed by atoms with Gasteiger partial charge in [-0.2, -0.15) is 0 Å². The molecule has 2 aromatic carbocycles. The van der Waals surface area contributed by atoms with Gasteiger partial charge in [-0.05, 0) is 23.6 Å². The number of fused-ring (bicyclic) bond motifs is 1. The van der Waals surface area contributed by atoms with Crippen molar-refractivity contribution in [1.29, 1.82) is 0 Å². The fourth-order valence-corrected chi connectivity index (χ4v) is 5.09. The number of hydrogen-bond acceptors (Lipinski definition) is 4. The smallest absolute Gasteiger partial charge is 0.176 e. The Kier molecular flexibility index (Phi) is 7.57. The van der Waals surface area contributed by atoms with E-state index in [-0.39, 0.29) is 22.8 Å². The van der Waals surface area contributed by atoms with Crippen LogP contribution in [0.5, 0.6) is 11.5 Å². The summed E-state index contributed by atoms with van der Waals surface area (Å²) in [7, 11) is 5.56. The fraction of sp³-hybridized carbons (Fsp3) is 0.320. The van der Waals surface area contributed by atoms with Crippen LogP contribution in [0.25, 0.3) is 10.1 Å². The predicted molar refractivity (Wildman–Crippen MR) is 123 cm³/mol. The van der Waals surface area contributed by atoms with Crippen LogP contribution in [0.15, 0.2) is 60.2 Å². The van der Waals surface area contributed by atoms with E-state index in [2.05, 4.69) is 43.5 Å². The van der Waals surface area contributed by atoms with Crippen LogP contribution in [-0.2, 0) is 6.54 Å². The molecule has 1 aliphatic rings. The summed E-state index contributed by atoms with van der Waals surface area (Å²) >= 11 is 1.53. The van der Waals surface area contributed by atoms with Crippen LogP contribution in [0.3, 0.4) is 0 Å². The Bertz CT molecular complexity index is 1050. The van der Waals surface area contributed by atoms with E-state index in [0.29, 0.717) is 17.9 Å². The molecule has 0 N–H and O–H groups in total. The largest absolute Gasteiger partial charge is 1.00 e. The van der Waals surface area contributed by atoms with E-state index in [9.17, 15) is 4.79 Å². The Morgan fingerprint density at radius 1 is 1.06 bits per heavy atom. The first-order chi connectivity index (χ1) is 14.5. The highest BCUT2D eigenvalue weighted by molar-refractivity contribution is 7.20. The summed E-state index contributed by atoms with van der Waals surface area (Å²) < 4.78 is 12.8. The topological polar surface area (TPSA) is 35.5 Å². The zero-order valence-electron chi connectivity index (χ0n) is 18.2. The SMILES string of the molecule is COc1cc2cc(C(=O)CC3=CC[N+](C)(Cc4ccccc4)CC3)sc2cc1OC.[Br-]. The van der Waals surface area contributed by atoms with E-state index in [1.165, 1.54) is 22.5 Å². The molecule has 4 nitrogen and oxygen atoms in total. The number of halogens is 1. The van der Waals surface area contributed by atoms with Gasteiger partial charge in [0.15, 0.2) is 17.3 Å². The van der Waals surface area contributed by atoms with E-state index in [1.807, 2.05) is 18.2 Å². The Hall–Kier alpha value is -2.15. The summed E-state index contributed by atoms with van der Waals surface area (Å²) in [6, 6.07) is 16.5. The number of quaternary nitrogens is 1. The van der Waals surface area contributed by atoms with Crippen molar-refractivity contribution in [1.82, 2.24) is 0 Å². The van der Waals surface area contributed by atoms with Gasteiger partial charge in [0, 0.05) is 29.2 Å². The molecule has 6 heteroatoms. The van der Waals surface area contributed by atoms with Crippen LogP contribution in [-0.4, -0.2) is 44.6 Å². The molecule has 31 heavy (non-hydrogen) atoms. The number of ether oxygens (including phenoxy) is 2. The van der Waals surface area contributed by atoms with Crippen molar-refractivity contribution in [3.63, 3.8) is 0 Å². The second-order valence-corrected chi connectivity index (χ2v) is 9.32. The molecular formula is C25H28BrNO3S. The van der Waals surface area contributed by atoms with Gasteiger partial charge >= 0.3 is 0 Å². The van der Waals surface area contributed by atoms with E-state index >= 15 is 0 Å². The number of thiophene rings is 1. The standard InChI is InChI=1S/C25H28NO3S.BrH/c1-26(17-19-7-5-4-6-8-19)11-9-18(10-12-26)13-21(27)25-15-20-14-22(28-2)23(29-3)16-24(20)30-25;/h4-9,14-16H,10-13,17H2,1-3H3;1H/q+1;/p-1. The molecule has 0 radical (unpaired) electrons. The van der Waals surface area contributed by atoms with Crippen molar-refractivity contribution in [2.75, 3.05) is 34.4 Å². The lowest BCUT2D eigenvalue weighted by Gasteiger charge is -2.37. The first kappa shape index (κ1) is 23.5. The average Bonchev–Trinajstić information content (AvgIpc) is 3.18. The summed E-state index contributed by atoms with van der Waals surface area (Å²) in [4.78, 5) is 13.7. The first-order valence-corrected chi connectivity index (χ1v) is 11.1. The summed E-state index contributed by atoms with van der Waals surface area (Å²) in [5, 5.41) is 1.02. The van der Waals surface area contributed by atoms with Crippen molar-refractivity contribution in [3.8, 4) is 11.5 Å². The molecule has 1 atom stereocenters. The molecule has 0 bridgehead atoms. The monoisotopic (exact) mass is 501 g/mol. The normalized spacial score (nSPS) is 18.2. The van der Waals surface area contributed by atoms with Crippen LogP contribution < -0.4 is 26.5 Å². The van der Waals surface area contributed by atoms with Crippen LogP contribution in [0, 0.1) is 0 Å². The molecule has 1 unspecified atom stereocenters. The lowest BCUT2D eigenvalue weighted by Crippen LogP contribution is -3.00. The van der Waals surface area contributed by atoms with Gasteiger partial charge in [-0.1, -0.05) is 35.9 Å². The molecule has 3 aromatic rings. The molecule has 4 rings (SSSR count). The molecule has 1 aromatic heterocycles. The van der Waals surface area contributed by atoms with Gasteiger partial charge in [0.05, 0.1) is 39.2 Å². The zero-order chi connectivity index (χ0) is 21.1. The van der Waals surface area contributed by atoms with Gasteiger partial charge < -0.3 is 30.9 Å². The third-order valence-electron chi connectivity index (χ3n) is 5.89. The number of nitrogens with zero attached hydrogens (tertiary/aromatic N) is 1. The highest BCUT2D eigenvalue weighted by atomic mass is 79.9. The number of benzene rings is 2. The number of carbonyl (C=O) groups is 1. The van der Waals surface area contributed by atoms with Crippen LogP contribution in [0.4, 0.5) is 0 Å². The number of likely N-dealkylation sites (N-methyl/N-ethyl adjacent to an activating group) is 1. The van der Waals surface area contributed by atoms with E-state index in [1.54, 1.807) is 14.2 Å². The summed E-state index contributed by atoms with van der Waals surface area (Å²) in [6.45, 7) is 3.06. The summed E-state index contributed by atoms with van der Waals surface area (Å²) in [5.41, 5.74) is 2.63. The number of hydrogen-bond donors (Lipinski definition) is 0. The first-order valence-electron chi connectivity index (χ1n) is 10.2. The Balaban J connectivity index is 0.00000272. The van der Waals surface area contributed by atoms with Crippen molar-refractivity contribution >= 4 is 27.2 Å². The maximum absolute atomic E-state index is 12.9. The molecule has 164 valence electrons. The van der Waals surface area contributed by atoms with E-state index in [4.69, 9.17) is 9.47 Å². The maximum Gasteiger partial charge on any atom is 0.176 e. The molecule has 1 aliphatic heterocycles. The second kappa shape index (κ2) is 9.98. The predicted octanol–water partition coefficient (Wildman–Crippen LogP) is 2.47. The molecule has 0 aliphatic carbocycles. The zero-order valence-corrected chi connectivity index (χ0v) is 20.6. The lowest BCUT2D eigenvalue weighted by atomic mass is 9.99. The molecular weight excluding hydrogens is 474 g/mol. The third kappa shape index (κ3) is 5.37. The van der Waals surface area contributed by atoms with Crippen molar-refractivity contribution in [2.24, 2.45) is 0 Å². The highest BCUT2D eigenvalue weighted by Crippen LogP contribution is 2.37. The Morgan fingerprint density at radius 2 is 1.77 bits per heavy atom. The minimum Gasteiger partial charge on any atom is -1.00 e. The molecule has 0 spiro atoms. The third-order valence-corrected chi connectivity index (χ3v) is 7.02. The fourth-order valence-electron chi connectivity index (χ4n) is 4.08. The number of carbonyl (C=O) groups excluding carboxylic acids is 1. The van der Waals surface area contributed by atoms with Crippen LogP contribution in [0.2, 0.25) is 0 Å². The van der Waals surface area contributed by atoms with Gasteiger partial charge in [0.1, 0.15) is 6.54 Å². The number of rotatable bonds is 7. The highest BCUT2D eigenvalue weighted by Gasteiger charge is 2.26. The van der Waals surface area contributed by atoms with Gasteiger partial charge in [-0.25, -0.2) is 0 Å². The molecule has 0 saturated carbocycles. The quantitative estimate of drug-likeness (QED) is 0.283. The number of ketones is 1. The van der Waals surface area contributed by atoms with Crippen LogP contribution in [0.1, 0.15) is 28.1 Å². The minimum absolute atomic E-state index is 0. The summed E-state index contributed by atoms with van der Waals surface area (Å²) in [5.74, 6) is 1.57. The molecule has 2 heterocycles. The Morgan fingerprint density at radius 3 is 2.42 bits per heavy atom. The average molecular weight is 502 g/mol. The molecule has 0 fully saturated rings. The van der Waals surface area contributed by atoms with E-state index in [0.717, 1.165) is 45.5 Å². The Labute approximate surface area is 198 Å². The molecule has 0 saturated heterocycles. The van der Waals surface area contributed by atoms with Crippen molar-refractivity contribution < 1.29 is 35.7 Å². The van der Waals surface area contributed by atoms with Gasteiger partial charge in [0.2, 0.25) is 0 Å². The van der Waals surface area contributed by atoms with Crippen molar-refractivity contribution in [2.45, 2.75) is 19.4 Å². The minimum atomic E-state index is 0. The van der Waals surface area contributed by atoms with Gasteiger partial charge in [0.25, 0.3) is 0 Å². The van der Waals surface area contributed by atoms with Gasteiger partial charge in [-0.15, -0.1) is 11.3 Å². The lowest BCUT2D eigenvalue weighted by molar-refractivity contribution is -0.918. The van der Waals surface area contributed by atoms with Crippen LogP contribution >= 0.6 is 11.3 Å². The van der Waals surface area contributed by atoms with E-state index < -0.39 is 0 Å². The second-order valence-electron chi connectivity index (χ2n) is 8.24. The van der Waals surface area contributed by atoms with Crippen molar-refractivity contribution in [3.05, 3.63) is 70.6 Å². The maximum atomic E-state index is 12.9. The number of Topliss-reactive ketones (excluding diaryl/α,β-unsaturated/α-hetero) is 1. The summed E-state index contributed by atoms with van der Waals surface area (Å²) in [6.07, 6.45) is 3.76. The molecule has 0 amide bonds.